The minimum absolute atomic E-state index is 0.112. The van der Waals surface area contributed by atoms with Crippen LogP contribution in [0.1, 0.15) is 121 Å². The first-order valence-corrected chi connectivity index (χ1v) is 15.1. The van der Waals surface area contributed by atoms with Crippen LogP contribution in [0.4, 0.5) is 5.69 Å². The molecule has 4 fully saturated rings. The Morgan fingerprint density at radius 2 is 1.75 bits per heavy atom. The molecular formula is C31H37N5O4. The van der Waals surface area contributed by atoms with Crippen LogP contribution in [0.2, 0.25) is 0 Å². The summed E-state index contributed by atoms with van der Waals surface area (Å²) in [4.78, 5) is 50.9. The normalized spacial score (nSPS) is 30.2. The average Bonchev–Trinajstić information content (AvgIpc) is 3.63. The van der Waals surface area contributed by atoms with E-state index < -0.39 is 23.8 Å². The quantitative estimate of drug-likeness (QED) is 0.497. The number of piperidine rings is 1. The van der Waals surface area contributed by atoms with Crippen LogP contribution in [-0.4, -0.2) is 50.9 Å². The summed E-state index contributed by atoms with van der Waals surface area (Å²) in [6.45, 7) is 3.20. The van der Waals surface area contributed by atoms with Gasteiger partial charge in [-0.2, -0.15) is 5.10 Å². The second-order valence-corrected chi connectivity index (χ2v) is 12.7. The maximum Gasteiger partial charge on any atom is 0.262 e. The number of hydrogen-bond donors (Lipinski definition) is 2. The van der Waals surface area contributed by atoms with E-state index in [-0.39, 0.29) is 18.7 Å². The van der Waals surface area contributed by atoms with Crippen LogP contribution < -0.4 is 10.6 Å². The summed E-state index contributed by atoms with van der Waals surface area (Å²) in [7, 11) is 0. The number of amides is 4. The summed E-state index contributed by atoms with van der Waals surface area (Å²) in [5.41, 5.74) is 4.30. The average molecular weight is 544 g/mol. The van der Waals surface area contributed by atoms with Gasteiger partial charge in [0.05, 0.1) is 22.9 Å². The van der Waals surface area contributed by atoms with Crippen molar-refractivity contribution < 1.29 is 19.2 Å². The van der Waals surface area contributed by atoms with Crippen molar-refractivity contribution in [3.63, 3.8) is 0 Å². The van der Waals surface area contributed by atoms with Crippen LogP contribution in [0.25, 0.3) is 0 Å². The molecule has 3 aliphatic carbocycles. The van der Waals surface area contributed by atoms with Gasteiger partial charge in [0.25, 0.3) is 11.8 Å². The molecule has 3 atom stereocenters. The number of aromatic nitrogens is 2. The third-order valence-corrected chi connectivity index (χ3v) is 9.88. The van der Waals surface area contributed by atoms with Crippen LogP contribution in [0, 0.1) is 11.8 Å². The van der Waals surface area contributed by atoms with Crippen LogP contribution in [0.3, 0.4) is 0 Å². The molecule has 3 saturated carbocycles. The van der Waals surface area contributed by atoms with E-state index in [1.165, 1.54) is 49.8 Å². The maximum atomic E-state index is 13.1. The van der Waals surface area contributed by atoms with Crippen molar-refractivity contribution >= 4 is 29.3 Å². The van der Waals surface area contributed by atoms with E-state index in [2.05, 4.69) is 28.4 Å². The highest BCUT2D eigenvalue weighted by atomic mass is 16.2. The van der Waals surface area contributed by atoms with Gasteiger partial charge >= 0.3 is 0 Å². The number of imide groups is 2. The Hall–Kier alpha value is -3.49. The third kappa shape index (κ3) is 4.43. The Balaban J connectivity index is 0.975. The van der Waals surface area contributed by atoms with E-state index in [1.54, 1.807) is 12.1 Å². The molecular weight excluding hydrogens is 506 g/mol. The topological polar surface area (TPSA) is 113 Å². The summed E-state index contributed by atoms with van der Waals surface area (Å²) in [5.74, 6) is 0.668. The zero-order chi connectivity index (χ0) is 27.5. The lowest BCUT2D eigenvalue weighted by Crippen LogP contribution is -2.54. The number of anilines is 1. The molecule has 3 heterocycles. The predicted molar refractivity (Wildman–Crippen MR) is 148 cm³/mol. The molecule has 210 valence electrons. The van der Waals surface area contributed by atoms with Crippen molar-refractivity contribution in [1.82, 2.24) is 20.0 Å². The molecule has 1 aromatic carbocycles. The summed E-state index contributed by atoms with van der Waals surface area (Å²) < 4.78 is 2.27. The molecule has 3 unspecified atom stereocenters. The van der Waals surface area contributed by atoms with Gasteiger partial charge in [0.2, 0.25) is 11.8 Å². The van der Waals surface area contributed by atoms with Gasteiger partial charge in [0.1, 0.15) is 6.04 Å². The Kier molecular flexibility index (Phi) is 6.28. The molecule has 40 heavy (non-hydrogen) atoms. The number of fused-ring (bicyclic) bond motifs is 1. The number of nitrogens with one attached hydrogen (secondary N) is 2. The molecule has 0 bridgehead atoms. The zero-order valence-electron chi connectivity index (χ0n) is 23.0. The molecule has 2 aliphatic heterocycles. The molecule has 7 rings (SSSR count). The van der Waals surface area contributed by atoms with E-state index in [0.29, 0.717) is 34.9 Å². The van der Waals surface area contributed by atoms with Crippen molar-refractivity contribution in [2.24, 2.45) is 11.8 Å². The van der Waals surface area contributed by atoms with Crippen LogP contribution in [-0.2, 0) is 9.59 Å². The molecule has 5 aliphatic rings. The minimum atomic E-state index is -0.946. The van der Waals surface area contributed by atoms with E-state index in [1.807, 2.05) is 6.07 Å². The second kappa shape index (κ2) is 9.85. The Bertz CT molecular complexity index is 1390. The largest absolute Gasteiger partial charge is 0.385 e. The fourth-order valence-corrected chi connectivity index (χ4v) is 7.27. The monoisotopic (exact) mass is 543 g/mol. The number of nitrogens with zero attached hydrogens (tertiary/aromatic N) is 3. The first-order chi connectivity index (χ1) is 19.4. The highest BCUT2D eigenvalue weighted by molar-refractivity contribution is 6.23. The molecule has 9 heteroatoms. The van der Waals surface area contributed by atoms with Crippen LogP contribution in [0.15, 0.2) is 24.4 Å². The smallest absolute Gasteiger partial charge is 0.262 e. The summed E-state index contributed by atoms with van der Waals surface area (Å²) in [6, 6.07) is 4.69. The van der Waals surface area contributed by atoms with Gasteiger partial charge in [-0.25, -0.2) is 0 Å². The number of rotatable bonds is 7. The van der Waals surface area contributed by atoms with Gasteiger partial charge in [-0.15, -0.1) is 0 Å². The van der Waals surface area contributed by atoms with Crippen molar-refractivity contribution in [3.8, 4) is 0 Å². The third-order valence-electron chi connectivity index (χ3n) is 9.88. The lowest BCUT2D eigenvalue weighted by Gasteiger charge is -2.36. The first-order valence-electron chi connectivity index (χ1n) is 15.1. The van der Waals surface area contributed by atoms with E-state index >= 15 is 0 Å². The fraction of sp³-hybridized carbons (Fsp3) is 0.581. The van der Waals surface area contributed by atoms with E-state index in [4.69, 9.17) is 5.10 Å². The van der Waals surface area contributed by atoms with E-state index in [9.17, 15) is 19.2 Å². The maximum absolute atomic E-state index is 13.1. The minimum Gasteiger partial charge on any atom is -0.385 e. The Morgan fingerprint density at radius 3 is 2.50 bits per heavy atom. The molecule has 1 saturated heterocycles. The van der Waals surface area contributed by atoms with E-state index in [0.717, 1.165) is 35.9 Å². The molecule has 9 nitrogen and oxygen atoms in total. The summed E-state index contributed by atoms with van der Waals surface area (Å²) in [5, 5.41) is 10.8. The first kappa shape index (κ1) is 25.5. The lowest BCUT2D eigenvalue weighted by molar-refractivity contribution is -0.136. The second-order valence-electron chi connectivity index (χ2n) is 12.7. The van der Waals surface area contributed by atoms with Gasteiger partial charge in [0, 0.05) is 30.8 Å². The number of hydrogen-bond acceptors (Lipinski definition) is 6. The molecule has 1 aromatic heterocycles. The van der Waals surface area contributed by atoms with Crippen LogP contribution >= 0.6 is 0 Å². The standard InChI is InChI=1S/C31H37N5O4/c1-17-4-2-3-5-22(17)25-16-35(34-28(25)19-6-7-19)21-12-18(13-21)15-32-20-8-9-23-24(14-20)31(40)36(30(23)39)26-10-11-27(37)33-29(26)38/h8-9,14,16-19,21-22,26,32H,2-7,10-13,15H2,1H3,(H,33,37,38). The van der Waals surface area contributed by atoms with Gasteiger partial charge in [0.15, 0.2) is 0 Å². The molecule has 4 amide bonds. The van der Waals surface area contributed by atoms with Gasteiger partial charge < -0.3 is 5.32 Å². The summed E-state index contributed by atoms with van der Waals surface area (Å²) >= 11 is 0. The lowest BCUT2D eigenvalue weighted by atomic mass is 9.76. The zero-order valence-corrected chi connectivity index (χ0v) is 23.0. The number of carbonyl (C=O) groups excluding carboxylic acids is 4. The van der Waals surface area contributed by atoms with Crippen molar-refractivity contribution in [3.05, 3.63) is 46.8 Å². The highest BCUT2D eigenvalue weighted by Crippen LogP contribution is 2.48. The van der Waals surface area contributed by atoms with Gasteiger partial charge in [-0.3, -0.25) is 34.1 Å². The number of benzene rings is 1. The Morgan fingerprint density at radius 1 is 0.975 bits per heavy atom. The van der Waals surface area contributed by atoms with Crippen LogP contribution in [0.5, 0.6) is 0 Å². The van der Waals surface area contributed by atoms with Gasteiger partial charge in [-0.05, 0) is 80.0 Å². The predicted octanol–water partition coefficient (Wildman–Crippen LogP) is 4.52. The Labute approximate surface area is 234 Å². The molecule has 2 N–H and O–H groups in total. The summed E-state index contributed by atoms with van der Waals surface area (Å²) in [6.07, 6.45) is 12.7. The SMILES string of the molecule is CC1CCCCC1c1cn(C2CC(CNc3ccc4c(c3)C(=O)N(C3CCC(=O)NC3=O)C4=O)C2)nc1C1CC1. The molecule has 0 radical (unpaired) electrons. The van der Waals surface area contributed by atoms with Crippen molar-refractivity contribution in [2.45, 2.75) is 95.1 Å². The molecule has 2 aromatic rings. The van der Waals surface area contributed by atoms with Crippen molar-refractivity contribution in [1.29, 1.82) is 0 Å². The van der Waals surface area contributed by atoms with Crippen molar-refractivity contribution in [2.75, 3.05) is 11.9 Å². The number of carbonyl (C=O) groups is 4. The molecule has 0 spiro atoms. The highest BCUT2D eigenvalue weighted by Gasteiger charge is 2.45. The van der Waals surface area contributed by atoms with Gasteiger partial charge in [-0.1, -0.05) is 26.2 Å². The fourth-order valence-electron chi connectivity index (χ4n) is 7.27.